The third-order valence-electron chi connectivity index (χ3n) is 3.30. The van der Waals surface area contributed by atoms with Crippen LogP contribution in [0.3, 0.4) is 0 Å². The van der Waals surface area contributed by atoms with Crippen LogP contribution in [0.2, 0.25) is 0 Å². The molecule has 1 fully saturated rings. The Morgan fingerprint density at radius 3 is 2.85 bits per heavy atom. The van der Waals surface area contributed by atoms with Crippen LogP contribution in [0.5, 0.6) is 5.75 Å². The van der Waals surface area contributed by atoms with Gasteiger partial charge >= 0.3 is 0 Å². The molecule has 0 radical (unpaired) electrons. The quantitative estimate of drug-likeness (QED) is 0.783. The Balaban J connectivity index is 2.17. The van der Waals surface area contributed by atoms with Crippen molar-refractivity contribution in [1.82, 2.24) is 0 Å². The molecule has 0 aliphatic carbocycles. The van der Waals surface area contributed by atoms with Crippen LogP contribution in [0.4, 0.5) is 0 Å². The lowest BCUT2D eigenvalue weighted by Crippen LogP contribution is -2.26. The van der Waals surface area contributed by atoms with Crippen LogP contribution in [0.25, 0.3) is 5.57 Å². The predicted molar refractivity (Wildman–Crippen MR) is 79.5 cm³/mol. The number of hydrogen-bond acceptors (Lipinski definition) is 3. The summed E-state index contributed by atoms with van der Waals surface area (Å²) in [5.74, 6) is 0.649. The Morgan fingerprint density at radius 1 is 1.45 bits per heavy atom. The van der Waals surface area contributed by atoms with Gasteiger partial charge in [0.25, 0.3) is 0 Å². The van der Waals surface area contributed by atoms with Crippen LogP contribution in [-0.2, 0) is 4.74 Å². The molecule has 2 rings (SSSR count). The molecule has 1 aliphatic heterocycles. The topological polar surface area (TPSA) is 42.2 Å². The molecule has 0 bridgehead atoms. The normalized spacial score (nSPS) is 16.0. The fourth-order valence-corrected chi connectivity index (χ4v) is 2.19. The van der Waals surface area contributed by atoms with E-state index in [2.05, 4.69) is 12.6 Å². The summed E-state index contributed by atoms with van der Waals surface area (Å²) in [6.07, 6.45) is 5.74. The fraction of sp³-hybridized carbons (Fsp3) is 0.353. The van der Waals surface area contributed by atoms with E-state index in [-0.39, 0.29) is 6.10 Å². The summed E-state index contributed by atoms with van der Waals surface area (Å²) in [6.45, 7) is 7.38. The molecule has 0 unspecified atom stereocenters. The zero-order valence-corrected chi connectivity index (χ0v) is 11.8. The Kier molecular flexibility index (Phi) is 4.97. The highest BCUT2D eigenvalue weighted by atomic mass is 16.5. The average Bonchev–Trinajstić information content (AvgIpc) is 2.49. The van der Waals surface area contributed by atoms with Gasteiger partial charge in [0.2, 0.25) is 0 Å². The van der Waals surface area contributed by atoms with Gasteiger partial charge in [0.15, 0.2) is 0 Å². The monoisotopic (exact) mass is 269 g/mol. The Morgan fingerprint density at radius 2 is 2.20 bits per heavy atom. The summed E-state index contributed by atoms with van der Waals surface area (Å²) >= 11 is 0. The van der Waals surface area contributed by atoms with Gasteiger partial charge in [0.05, 0.1) is 18.8 Å². The third kappa shape index (κ3) is 3.49. The van der Waals surface area contributed by atoms with E-state index in [9.17, 15) is 5.26 Å². The lowest BCUT2D eigenvalue weighted by molar-refractivity contribution is 0.0254. The van der Waals surface area contributed by atoms with Gasteiger partial charge in [-0.15, -0.1) is 0 Å². The van der Waals surface area contributed by atoms with Crippen molar-refractivity contribution in [3.63, 3.8) is 0 Å². The molecular weight excluding hydrogens is 250 g/mol. The number of rotatable bonds is 4. The number of benzene rings is 1. The molecule has 104 valence electrons. The van der Waals surface area contributed by atoms with Gasteiger partial charge in [0, 0.05) is 12.8 Å². The van der Waals surface area contributed by atoms with Crippen molar-refractivity contribution in [3.8, 4) is 11.8 Å². The summed E-state index contributed by atoms with van der Waals surface area (Å²) in [7, 11) is 0. The molecule has 0 atom stereocenters. The molecule has 0 saturated carbocycles. The lowest BCUT2D eigenvalue weighted by Gasteiger charge is -2.23. The number of hydrogen-bond donors (Lipinski definition) is 0. The third-order valence-corrected chi connectivity index (χ3v) is 3.30. The molecule has 1 aromatic rings. The van der Waals surface area contributed by atoms with Crippen molar-refractivity contribution in [2.24, 2.45) is 0 Å². The van der Waals surface area contributed by atoms with Crippen molar-refractivity contribution < 1.29 is 9.47 Å². The first kappa shape index (κ1) is 14.4. The minimum Gasteiger partial charge on any atom is -0.489 e. The van der Waals surface area contributed by atoms with Crippen LogP contribution in [0.15, 0.2) is 36.9 Å². The average molecular weight is 269 g/mol. The van der Waals surface area contributed by atoms with E-state index in [0.29, 0.717) is 11.3 Å². The highest BCUT2D eigenvalue weighted by molar-refractivity contribution is 5.73. The number of allylic oxidation sites excluding steroid dienone is 3. The maximum Gasteiger partial charge on any atom is 0.137 e. The van der Waals surface area contributed by atoms with Gasteiger partial charge in [-0.3, -0.25) is 0 Å². The fourth-order valence-electron chi connectivity index (χ4n) is 2.19. The zero-order valence-electron chi connectivity index (χ0n) is 11.8. The standard InChI is InChI=1S/C17H19NO2/c1-3-4-13(2)14-5-6-17(15(11-14)12-18)20-16-7-9-19-10-8-16/h3-6,11,16H,2,7-10H2,1H3/b4-3+. The number of ether oxygens (including phenoxy) is 2. The molecule has 0 spiro atoms. The molecule has 20 heavy (non-hydrogen) atoms. The molecule has 1 aromatic carbocycles. The van der Waals surface area contributed by atoms with Crippen LogP contribution < -0.4 is 4.74 Å². The summed E-state index contributed by atoms with van der Waals surface area (Å²) in [5, 5.41) is 9.28. The van der Waals surface area contributed by atoms with E-state index in [1.165, 1.54) is 0 Å². The first-order chi connectivity index (χ1) is 9.74. The van der Waals surface area contributed by atoms with Gasteiger partial charge in [-0.1, -0.05) is 24.8 Å². The molecule has 0 amide bonds. The van der Waals surface area contributed by atoms with E-state index < -0.39 is 0 Å². The molecule has 3 nitrogen and oxygen atoms in total. The maximum atomic E-state index is 9.28. The van der Waals surface area contributed by atoms with Crippen molar-refractivity contribution in [2.75, 3.05) is 13.2 Å². The second-order valence-electron chi connectivity index (χ2n) is 4.78. The van der Waals surface area contributed by atoms with Crippen LogP contribution in [0, 0.1) is 11.3 Å². The summed E-state index contributed by atoms with van der Waals surface area (Å²) < 4.78 is 11.2. The van der Waals surface area contributed by atoms with Crippen molar-refractivity contribution in [2.45, 2.75) is 25.9 Å². The summed E-state index contributed by atoms with van der Waals surface area (Å²) in [5.41, 5.74) is 2.39. The van der Waals surface area contributed by atoms with Crippen molar-refractivity contribution in [1.29, 1.82) is 5.26 Å². The van der Waals surface area contributed by atoms with Gasteiger partial charge in [-0.25, -0.2) is 0 Å². The first-order valence-corrected chi connectivity index (χ1v) is 6.85. The number of nitriles is 1. The van der Waals surface area contributed by atoms with E-state index in [4.69, 9.17) is 9.47 Å². The van der Waals surface area contributed by atoms with Crippen LogP contribution in [0.1, 0.15) is 30.9 Å². The summed E-state index contributed by atoms with van der Waals surface area (Å²) in [4.78, 5) is 0. The maximum absolute atomic E-state index is 9.28. The molecule has 0 aromatic heterocycles. The first-order valence-electron chi connectivity index (χ1n) is 6.85. The lowest BCUT2D eigenvalue weighted by atomic mass is 10.0. The van der Waals surface area contributed by atoms with E-state index in [1.807, 2.05) is 37.3 Å². The van der Waals surface area contributed by atoms with Gasteiger partial charge < -0.3 is 9.47 Å². The molecule has 1 aliphatic rings. The second-order valence-corrected chi connectivity index (χ2v) is 4.78. The highest BCUT2D eigenvalue weighted by Crippen LogP contribution is 2.26. The van der Waals surface area contributed by atoms with Crippen LogP contribution >= 0.6 is 0 Å². The van der Waals surface area contributed by atoms with Crippen LogP contribution in [-0.4, -0.2) is 19.3 Å². The SMILES string of the molecule is C=C(/C=C/C)c1ccc(OC2CCOCC2)c(C#N)c1. The largest absolute Gasteiger partial charge is 0.489 e. The molecule has 3 heteroatoms. The van der Waals surface area contributed by atoms with E-state index in [1.54, 1.807) is 0 Å². The van der Waals surface area contributed by atoms with Gasteiger partial charge in [-0.2, -0.15) is 5.26 Å². The minimum atomic E-state index is 0.139. The zero-order chi connectivity index (χ0) is 14.4. The Labute approximate surface area is 120 Å². The molecular formula is C17H19NO2. The van der Waals surface area contributed by atoms with Gasteiger partial charge in [-0.05, 0) is 30.2 Å². The highest BCUT2D eigenvalue weighted by Gasteiger charge is 2.17. The summed E-state index contributed by atoms with van der Waals surface area (Å²) in [6, 6.07) is 7.83. The smallest absolute Gasteiger partial charge is 0.137 e. The van der Waals surface area contributed by atoms with Crippen molar-refractivity contribution >= 4 is 5.57 Å². The van der Waals surface area contributed by atoms with E-state index in [0.717, 1.165) is 37.2 Å². The van der Waals surface area contributed by atoms with Gasteiger partial charge in [0.1, 0.15) is 17.9 Å². The Hall–Kier alpha value is -2.05. The molecule has 0 N–H and O–H groups in total. The Bertz CT molecular complexity index is 549. The molecule has 1 saturated heterocycles. The van der Waals surface area contributed by atoms with E-state index >= 15 is 0 Å². The second kappa shape index (κ2) is 6.93. The number of nitrogens with zero attached hydrogens (tertiary/aromatic N) is 1. The minimum absolute atomic E-state index is 0.139. The predicted octanol–water partition coefficient (Wildman–Crippen LogP) is 3.71. The van der Waals surface area contributed by atoms with Crippen molar-refractivity contribution in [3.05, 3.63) is 48.1 Å². The molecule has 1 heterocycles.